The summed E-state index contributed by atoms with van der Waals surface area (Å²) in [7, 11) is -2.00. The number of hydrogen-bond acceptors (Lipinski definition) is 10. The Morgan fingerprint density at radius 1 is 0.905 bits per heavy atom. The number of imide groups is 1. The topological polar surface area (TPSA) is 192 Å². The van der Waals surface area contributed by atoms with Crippen LogP contribution in [0, 0.1) is 5.92 Å². The Morgan fingerprint density at radius 2 is 1.70 bits per heavy atom. The third-order valence-corrected chi connectivity index (χ3v) is 17.5. The summed E-state index contributed by atoms with van der Waals surface area (Å²) in [6.07, 6.45) is 14.8. The second-order valence-electron chi connectivity index (χ2n) is 19.5. The normalized spacial score (nSPS) is 26.1. The van der Waals surface area contributed by atoms with Crippen molar-refractivity contribution in [1.82, 2.24) is 37.9 Å². The van der Waals surface area contributed by atoms with Gasteiger partial charge in [0.25, 0.3) is 10.2 Å². The zero-order chi connectivity index (χ0) is 43.8. The Kier molecular flexibility index (Phi) is 10.8. The number of carbonyl (C=O) groups is 4. The molecule has 0 bridgehead atoms. The lowest BCUT2D eigenvalue weighted by Gasteiger charge is -2.58. The minimum atomic E-state index is -3.69. The van der Waals surface area contributed by atoms with E-state index in [1.807, 2.05) is 34.2 Å². The summed E-state index contributed by atoms with van der Waals surface area (Å²) in [5.74, 6) is 1.20. The molecule has 5 aliphatic heterocycles. The van der Waals surface area contributed by atoms with Crippen molar-refractivity contribution in [3.63, 3.8) is 0 Å². The Bertz CT molecular complexity index is 2520. The highest BCUT2D eigenvalue weighted by atomic mass is 32.2. The third kappa shape index (κ3) is 7.27. The number of unbranched alkanes of at least 4 members (excludes halogenated alkanes) is 2. The number of carbonyl (C=O) groups excluding carboxylic acids is 4. The summed E-state index contributed by atoms with van der Waals surface area (Å²) in [6, 6.07) is 5.30. The maximum Gasteiger partial charge on any atom is 0.329 e. The predicted octanol–water partition coefficient (Wildman–Crippen LogP) is 3.67. The number of rotatable bonds is 12. The summed E-state index contributed by atoms with van der Waals surface area (Å²) in [6.45, 7) is 4.30. The van der Waals surface area contributed by atoms with Crippen LogP contribution in [0.1, 0.15) is 127 Å². The van der Waals surface area contributed by atoms with Gasteiger partial charge in [0.05, 0.1) is 22.0 Å². The summed E-state index contributed by atoms with van der Waals surface area (Å²) >= 11 is 0. The van der Waals surface area contributed by atoms with Crippen LogP contribution >= 0.6 is 0 Å². The fraction of sp³-hybridized carbons (Fsp3) is 0.667. The lowest BCUT2D eigenvalue weighted by molar-refractivity contribution is -0.147. The second-order valence-corrected chi connectivity index (χ2v) is 21.5. The molecule has 10 rings (SSSR count). The van der Waals surface area contributed by atoms with E-state index in [9.17, 15) is 32.4 Å². The molecule has 3 atom stereocenters. The highest BCUT2D eigenvalue weighted by Gasteiger charge is 2.62. The average Bonchev–Trinajstić information content (AvgIpc) is 3.83. The standard InChI is InChI=1S/C45H60N10O7S/c1-29-9-8-11-33(29)55-39-32(45(20-21-45)41(55)59)26-46-42(49-39)47-31-17-23-51(24-18-31)63(61,62)52-27-44(28-52)19-6-7-22-53(44)38(57)12-5-3-4-10-30-13-14-34-36(25-30)50(2)43(60)54(34)35-15-16-37(56)48-40(35)58/h13-14,25-26,29,31,33,35H,3-12,15-24,27-28H2,1-2H3,(H,46,47,49)(H,48,56,58). The van der Waals surface area contributed by atoms with E-state index in [1.165, 1.54) is 4.57 Å². The molecule has 2 aromatic heterocycles. The van der Waals surface area contributed by atoms with E-state index in [2.05, 4.69) is 22.5 Å². The zero-order valence-electron chi connectivity index (χ0n) is 36.5. The molecular weight excluding hydrogens is 825 g/mol. The van der Waals surface area contributed by atoms with Crippen LogP contribution in [-0.4, -0.2) is 115 Å². The summed E-state index contributed by atoms with van der Waals surface area (Å²) in [5, 5.41) is 5.82. The minimum absolute atomic E-state index is 0.00754. The van der Waals surface area contributed by atoms with E-state index < -0.39 is 33.1 Å². The first-order valence-electron chi connectivity index (χ1n) is 23.4. The first-order chi connectivity index (χ1) is 30.3. The quantitative estimate of drug-likeness (QED) is 0.201. The third-order valence-electron chi connectivity index (χ3n) is 15.6. The Labute approximate surface area is 368 Å². The van der Waals surface area contributed by atoms with E-state index in [-0.39, 0.29) is 48.3 Å². The number of anilines is 2. The summed E-state index contributed by atoms with van der Waals surface area (Å²) in [4.78, 5) is 78.3. The van der Waals surface area contributed by atoms with Crippen molar-refractivity contribution in [2.24, 2.45) is 13.0 Å². The molecule has 2 N–H and O–H groups in total. The smallest absolute Gasteiger partial charge is 0.329 e. The molecule has 6 fully saturated rings. The molecule has 7 aliphatic rings. The molecule has 18 heteroatoms. The van der Waals surface area contributed by atoms with Gasteiger partial charge in [-0.25, -0.2) is 9.78 Å². The van der Waals surface area contributed by atoms with E-state index >= 15 is 0 Å². The van der Waals surface area contributed by atoms with Crippen molar-refractivity contribution in [3.05, 3.63) is 46.0 Å². The number of nitrogens with zero attached hydrogens (tertiary/aromatic N) is 8. The number of aryl methyl sites for hydroxylation is 2. The van der Waals surface area contributed by atoms with Gasteiger partial charge in [0, 0.05) is 76.5 Å². The van der Waals surface area contributed by atoms with E-state index in [4.69, 9.17) is 4.98 Å². The van der Waals surface area contributed by atoms with Crippen molar-refractivity contribution in [2.75, 3.05) is 42.9 Å². The maximum atomic E-state index is 13.9. The van der Waals surface area contributed by atoms with Crippen molar-refractivity contribution < 1.29 is 27.6 Å². The summed E-state index contributed by atoms with van der Waals surface area (Å²) in [5.41, 5.74) is 2.25. The molecule has 4 saturated heterocycles. The Hall–Kier alpha value is -4.68. The zero-order valence-corrected chi connectivity index (χ0v) is 37.3. The van der Waals surface area contributed by atoms with Crippen LogP contribution in [-0.2, 0) is 48.3 Å². The molecule has 63 heavy (non-hydrogen) atoms. The molecule has 4 amide bonds. The molecule has 1 aromatic carbocycles. The molecule has 2 saturated carbocycles. The number of likely N-dealkylation sites (tertiary alicyclic amines) is 1. The molecule has 338 valence electrons. The van der Waals surface area contributed by atoms with Crippen LogP contribution in [0.5, 0.6) is 0 Å². The number of fused-ring (bicyclic) bond motifs is 3. The predicted molar refractivity (Wildman–Crippen MR) is 235 cm³/mol. The Balaban J connectivity index is 0.697. The molecule has 0 radical (unpaired) electrons. The fourth-order valence-electron chi connectivity index (χ4n) is 11.7. The van der Waals surface area contributed by atoms with Gasteiger partial charge >= 0.3 is 5.69 Å². The van der Waals surface area contributed by atoms with Gasteiger partial charge in [-0.05, 0) is 107 Å². The van der Waals surface area contributed by atoms with E-state index in [1.54, 1.807) is 20.2 Å². The maximum absolute atomic E-state index is 13.9. The minimum Gasteiger partial charge on any atom is -0.351 e. The Morgan fingerprint density at radius 3 is 2.43 bits per heavy atom. The highest BCUT2D eigenvalue weighted by Crippen LogP contribution is 2.58. The van der Waals surface area contributed by atoms with Crippen molar-refractivity contribution >= 4 is 56.6 Å². The van der Waals surface area contributed by atoms with Crippen LogP contribution in [0.4, 0.5) is 11.8 Å². The average molecular weight is 885 g/mol. The van der Waals surface area contributed by atoms with Gasteiger partial charge < -0.3 is 10.2 Å². The first kappa shape index (κ1) is 42.3. The molecule has 2 aliphatic carbocycles. The fourth-order valence-corrected chi connectivity index (χ4v) is 13.5. The van der Waals surface area contributed by atoms with Gasteiger partial charge in [-0.15, -0.1) is 0 Å². The van der Waals surface area contributed by atoms with Crippen LogP contribution in [0.2, 0.25) is 0 Å². The molecule has 3 unspecified atom stereocenters. The van der Waals surface area contributed by atoms with Gasteiger partial charge in [-0.3, -0.25) is 38.5 Å². The number of benzene rings is 1. The number of nitrogens with one attached hydrogen (secondary N) is 2. The van der Waals surface area contributed by atoms with Gasteiger partial charge in [0.1, 0.15) is 11.9 Å². The first-order valence-corrected chi connectivity index (χ1v) is 24.8. The lowest BCUT2D eigenvalue weighted by atomic mass is 9.81. The monoisotopic (exact) mass is 884 g/mol. The van der Waals surface area contributed by atoms with Gasteiger partial charge in [0.2, 0.25) is 29.6 Å². The number of hydrogen-bond donors (Lipinski definition) is 2. The van der Waals surface area contributed by atoms with Crippen LogP contribution in [0.3, 0.4) is 0 Å². The largest absolute Gasteiger partial charge is 0.351 e. The van der Waals surface area contributed by atoms with E-state index in [0.717, 1.165) is 99.5 Å². The van der Waals surface area contributed by atoms with Crippen molar-refractivity contribution in [2.45, 2.75) is 145 Å². The molecule has 3 aromatic rings. The van der Waals surface area contributed by atoms with Crippen LogP contribution < -0.4 is 21.2 Å². The number of amides is 4. The van der Waals surface area contributed by atoms with Gasteiger partial charge in [0.15, 0.2) is 0 Å². The molecule has 2 spiro atoms. The van der Waals surface area contributed by atoms with Crippen LogP contribution in [0.25, 0.3) is 11.0 Å². The van der Waals surface area contributed by atoms with E-state index in [0.29, 0.717) is 69.4 Å². The number of imidazole rings is 1. The summed E-state index contributed by atoms with van der Waals surface area (Å²) < 4.78 is 34.1. The van der Waals surface area contributed by atoms with Crippen molar-refractivity contribution in [3.8, 4) is 0 Å². The number of piperidine rings is 3. The molecular formula is C45H60N10O7S. The SMILES string of the molecule is CC1CCCC1N1C(=O)C2(CC2)c2cnc(NC3CCN(S(=O)(=O)N4CC5(CCCCN5C(=O)CCCCCc5ccc6c(c5)n(C)c(=O)n6C5CCC(=O)NC5=O)C4)CC3)nc21. The number of aromatic nitrogens is 4. The molecule has 17 nitrogen and oxygen atoms in total. The highest BCUT2D eigenvalue weighted by molar-refractivity contribution is 7.86. The van der Waals surface area contributed by atoms with Gasteiger partial charge in [-0.2, -0.15) is 22.0 Å². The van der Waals surface area contributed by atoms with Crippen LogP contribution in [0.15, 0.2) is 29.2 Å². The van der Waals surface area contributed by atoms with Crippen molar-refractivity contribution in [1.29, 1.82) is 0 Å². The second kappa shape index (κ2) is 16.1. The lowest BCUT2D eigenvalue weighted by Crippen LogP contribution is -2.74. The molecule has 7 heterocycles. The van der Waals surface area contributed by atoms with Gasteiger partial charge in [-0.1, -0.05) is 25.8 Å².